The first-order valence-corrected chi connectivity index (χ1v) is 8.05. The molecule has 2 nitrogen and oxygen atoms in total. The third-order valence-corrected chi connectivity index (χ3v) is 4.77. The molecule has 20 heavy (non-hydrogen) atoms. The van der Waals surface area contributed by atoms with Gasteiger partial charge in [-0.3, -0.25) is 0 Å². The van der Waals surface area contributed by atoms with Crippen molar-refractivity contribution in [3.8, 4) is 5.75 Å². The van der Waals surface area contributed by atoms with Crippen molar-refractivity contribution in [1.82, 2.24) is 5.32 Å². The van der Waals surface area contributed by atoms with Crippen molar-refractivity contribution < 1.29 is 4.74 Å². The molecule has 0 aliphatic heterocycles. The van der Waals surface area contributed by atoms with Gasteiger partial charge in [0.15, 0.2) is 0 Å². The first-order chi connectivity index (χ1) is 9.58. The Labute approximate surface area is 123 Å². The minimum atomic E-state index is 0.301. The van der Waals surface area contributed by atoms with Crippen molar-refractivity contribution in [3.05, 3.63) is 29.8 Å². The molecule has 2 rings (SSSR count). The molecular weight excluding hydrogens is 246 g/mol. The summed E-state index contributed by atoms with van der Waals surface area (Å²) in [7, 11) is 0. The quantitative estimate of drug-likeness (QED) is 0.842. The maximum atomic E-state index is 5.57. The molecule has 1 aliphatic rings. The van der Waals surface area contributed by atoms with Crippen LogP contribution in [0.3, 0.4) is 0 Å². The molecule has 0 heterocycles. The topological polar surface area (TPSA) is 21.3 Å². The molecule has 0 aromatic heterocycles. The fourth-order valence-corrected chi connectivity index (χ4v) is 3.48. The van der Waals surface area contributed by atoms with Crippen molar-refractivity contribution >= 4 is 0 Å². The summed E-state index contributed by atoms with van der Waals surface area (Å²) < 4.78 is 5.57. The molecule has 1 aromatic carbocycles. The van der Waals surface area contributed by atoms with Gasteiger partial charge in [0.2, 0.25) is 0 Å². The summed E-state index contributed by atoms with van der Waals surface area (Å²) in [6.45, 7) is 10.7. The fraction of sp³-hybridized carbons (Fsp3) is 0.667. The van der Waals surface area contributed by atoms with Crippen molar-refractivity contribution in [1.29, 1.82) is 0 Å². The number of hydrogen-bond acceptors (Lipinski definition) is 2. The Morgan fingerprint density at radius 3 is 2.50 bits per heavy atom. The van der Waals surface area contributed by atoms with E-state index in [1.807, 2.05) is 6.92 Å². The largest absolute Gasteiger partial charge is 0.494 e. The number of hydrogen-bond donors (Lipinski definition) is 1. The van der Waals surface area contributed by atoms with Gasteiger partial charge in [-0.2, -0.15) is 0 Å². The summed E-state index contributed by atoms with van der Waals surface area (Å²) in [6, 6.07) is 9.34. The van der Waals surface area contributed by atoms with Crippen molar-refractivity contribution in [3.63, 3.8) is 0 Å². The van der Waals surface area contributed by atoms with Crippen LogP contribution < -0.4 is 10.1 Å². The number of rotatable bonds is 6. The van der Waals surface area contributed by atoms with Gasteiger partial charge in [-0.05, 0) is 43.4 Å². The average Bonchev–Trinajstić information content (AvgIpc) is 2.80. The van der Waals surface area contributed by atoms with Gasteiger partial charge in [-0.25, -0.2) is 0 Å². The summed E-state index contributed by atoms with van der Waals surface area (Å²) in [5.41, 5.74) is 1.77. The second-order valence-electron chi connectivity index (χ2n) is 6.44. The van der Waals surface area contributed by atoms with Crippen LogP contribution in [-0.2, 0) is 5.41 Å². The smallest absolute Gasteiger partial charge is 0.119 e. The van der Waals surface area contributed by atoms with Crippen LogP contribution in [0, 0.1) is 5.92 Å². The van der Waals surface area contributed by atoms with E-state index in [-0.39, 0.29) is 0 Å². The molecule has 1 saturated carbocycles. The Kier molecular flexibility index (Phi) is 5.09. The summed E-state index contributed by atoms with van der Waals surface area (Å²) in [5, 5.41) is 3.67. The molecule has 0 saturated heterocycles. The van der Waals surface area contributed by atoms with Crippen LogP contribution in [0.4, 0.5) is 0 Å². The summed E-state index contributed by atoms with van der Waals surface area (Å²) in [5.74, 6) is 1.72. The first kappa shape index (κ1) is 15.4. The highest BCUT2D eigenvalue weighted by molar-refractivity contribution is 5.34. The second kappa shape index (κ2) is 6.62. The van der Waals surface area contributed by atoms with Crippen molar-refractivity contribution in [2.75, 3.05) is 13.2 Å². The lowest BCUT2D eigenvalue weighted by Gasteiger charge is -2.36. The molecule has 0 amide bonds. The van der Waals surface area contributed by atoms with E-state index in [4.69, 9.17) is 4.74 Å². The molecular formula is C18H29NO. The maximum absolute atomic E-state index is 5.57. The molecule has 1 aromatic rings. The second-order valence-corrected chi connectivity index (χ2v) is 6.44. The molecule has 1 N–H and O–H groups in total. The van der Waals surface area contributed by atoms with E-state index in [9.17, 15) is 0 Å². The Balaban J connectivity index is 2.22. The Morgan fingerprint density at radius 2 is 2.00 bits per heavy atom. The molecule has 0 spiro atoms. The van der Waals surface area contributed by atoms with Gasteiger partial charge in [-0.1, -0.05) is 39.3 Å². The standard InChI is InChI=1S/C18H29NO/c1-5-20-17-10-8-16(9-11-17)18(13-19-14(2)3)12-6-7-15(18)4/h8-11,14-15,19H,5-7,12-13H2,1-4H3. The molecule has 1 fully saturated rings. The van der Waals surface area contributed by atoms with Gasteiger partial charge < -0.3 is 10.1 Å². The Hall–Kier alpha value is -1.02. The first-order valence-electron chi connectivity index (χ1n) is 8.05. The van der Waals surface area contributed by atoms with Crippen LogP contribution >= 0.6 is 0 Å². The lowest BCUT2D eigenvalue weighted by atomic mass is 9.72. The number of benzene rings is 1. The van der Waals surface area contributed by atoms with Gasteiger partial charge in [0, 0.05) is 18.0 Å². The van der Waals surface area contributed by atoms with E-state index in [1.54, 1.807) is 0 Å². The SMILES string of the molecule is CCOc1ccc(C2(CNC(C)C)CCCC2C)cc1. The van der Waals surface area contributed by atoms with E-state index >= 15 is 0 Å². The molecule has 112 valence electrons. The normalized spacial score (nSPS) is 26.1. The van der Waals surface area contributed by atoms with Crippen molar-refractivity contribution in [2.45, 2.75) is 58.4 Å². The van der Waals surface area contributed by atoms with Crippen LogP contribution in [0.1, 0.15) is 52.5 Å². The lowest BCUT2D eigenvalue weighted by molar-refractivity contribution is 0.306. The summed E-state index contributed by atoms with van der Waals surface area (Å²) in [4.78, 5) is 0. The van der Waals surface area contributed by atoms with E-state index < -0.39 is 0 Å². The van der Waals surface area contributed by atoms with Gasteiger partial charge in [0.1, 0.15) is 5.75 Å². The van der Waals surface area contributed by atoms with Crippen LogP contribution in [0.2, 0.25) is 0 Å². The molecule has 2 unspecified atom stereocenters. The van der Waals surface area contributed by atoms with Crippen LogP contribution in [0.15, 0.2) is 24.3 Å². The van der Waals surface area contributed by atoms with Crippen LogP contribution in [-0.4, -0.2) is 19.2 Å². The minimum Gasteiger partial charge on any atom is -0.494 e. The predicted molar refractivity (Wildman–Crippen MR) is 85.4 cm³/mol. The minimum absolute atomic E-state index is 0.301. The zero-order valence-corrected chi connectivity index (χ0v) is 13.4. The third-order valence-electron chi connectivity index (χ3n) is 4.77. The highest BCUT2D eigenvalue weighted by Crippen LogP contribution is 2.45. The van der Waals surface area contributed by atoms with Gasteiger partial charge in [0.25, 0.3) is 0 Å². The summed E-state index contributed by atoms with van der Waals surface area (Å²) >= 11 is 0. The van der Waals surface area contributed by atoms with Gasteiger partial charge in [0.05, 0.1) is 6.61 Å². The van der Waals surface area contributed by atoms with E-state index in [2.05, 4.69) is 50.4 Å². The molecule has 2 atom stereocenters. The fourth-order valence-electron chi connectivity index (χ4n) is 3.48. The lowest BCUT2D eigenvalue weighted by Crippen LogP contribution is -2.42. The molecule has 0 radical (unpaired) electrons. The van der Waals surface area contributed by atoms with Crippen LogP contribution in [0.25, 0.3) is 0 Å². The Morgan fingerprint density at radius 1 is 1.30 bits per heavy atom. The number of ether oxygens (including phenoxy) is 1. The molecule has 0 bridgehead atoms. The van der Waals surface area contributed by atoms with Gasteiger partial charge >= 0.3 is 0 Å². The predicted octanol–water partition coefficient (Wildman–Crippen LogP) is 4.14. The maximum Gasteiger partial charge on any atom is 0.119 e. The average molecular weight is 275 g/mol. The highest BCUT2D eigenvalue weighted by Gasteiger charge is 2.41. The van der Waals surface area contributed by atoms with E-state index in [0.717, 1.165) is 24.8 Å². The molecule has 1 aliphatic carbocycles. The number of nitrogens with one attached hydrogen (secondary N) is 1. The Bertz CT molecular complexity index is 412. The zero-order valence-electron chi connectivity index (χ0n) is 13.4. The van der Waals surface area contributed by atoms with E-state index in [1.165, 1.54) is 24.8 Å². The monoisotopic (exact) mass is 275 g/mol. The zero-order chi connectivity index (χ0) is 14.6. The third kappa shape index (κ3) is 3.17. The summed E-state index contributed by atoms with van der Waals surface area (Å²) in [6.07, 6.45) is 3.98. The molecule has 2 heteroatoms. The van der Waals surface area contributed by atoms with E-state index in [0.29, 0.717) is 11.5 Å². The highest BCUT2D eigenvalue weighted by atomic mass is 16.5. The van der Waals surface area contributed by atoms with Gasteiger partial charge in [-0.15, -0.1) is 0 Å². The van der Waals surface area contributed by atoms with Crippen molar-refractivity contribution in [2.24, 2.45) is 5.92 Å². The van der Waals surface area contributed by atoms with Crippen LogP contribution in [0.5, 0.6) is 5.75 Å².